The maximum atomic E-state index is 10.9. The highest BCUT2D eigenvalue weighted by Gasteiger charge is 2.20. The van der Waals surface area contributed by atoms with Gasteiger partial charge in [0.1, 0.15) is 0 Å². The first-order valence-electron chi connectivity index (χ1n) is 19.4. The van der Waals surface area contributed by atoms with Crippen LogP contribution in [0, 0.1) is 30.1 Å². The second-order valence-corrected chi connectivity index (χ2v) is 14.3. The van der Waals surface area contributed by atoms with Gasteiger partial charge in [-0.3, -0.25) is 4.98 Å². The number of hydrogen-bond donors (Lipinski definition) is 1. The molecule has 0 aromatic carbocycles. The van der Waals surface area contributed by atoms with Gasteiger partial charge in [-0.25, -0.2) is 4.79 Å². The number of aliphatic hydroxyl groups is 1. The van der Waals surface area contributed by atoms with Gasteiger partial charge in [0.25, 0.3) is 0 Å². The molecule has 1 aliphatic heterocycles. The van der Waals surface area contributed by atoms with E-state index in [0.717, 1.165) is 24.0 Å². The Kier molecular flexibility index (Phi) is 38.1. The van der Waals surface area contributed by atoms with E-state index >= 15 is 0 Å². The largest absolute Gasteiger partial charge is 0.465 e. The van der Waals surface area contributed by atoms with Crippen LogP contribution in [0.3, 0.4) is 0 Å². The number of aryl methyl sites for hydroxylation is 1. The molecule has 0 saturated carbocycles. The highest BCUT2D eigenvalue weighted by Crippen LogP contribution is 2.26. The minimum absolute atomic E-state index is 0.226. The summed E-state index contributed by atoms with van der Waals surface area (Å²) in [7, 11) is 1.35. The number of pyridine rings is 1. The zero-order valence-corrected chi connectivity index (χ0v) is 35.2. The molecule has 3 rings (SSSR count). The van der Waals surface area contributed by atoms with Crippen LogP contribution in [0.5, 0.6) is 0 Å². The Morgan fingerprint density at radius 2 is 1.44 bits per heavy atom. The number of allylic oxidation sites excluding steroid dienone is 2. The topological polar surface area (TPSA) is 62.7 Å². The van der Waals surface area contributed by atoms with Gasteiger partial charge in [0.05, 0.1) is 18.8 Å². The predicted molar refractivity (Wildman–Crippen MR) is 215 cm³/mol. The molecular formula is C43H84N2O3. The van der Waals surface area contributed by atoms with Crippen LogP contribution in [0.1, 0.15) is 178 Å². The number of rotatable bonds is 6. The molecule has 284 valence electrons. The normalized spacial score (nSPS) is 15.7. The molecule has 0 bridgehead atoms. The van der Waals surface area contributed by atoms with E-state index in [1.165, 1.54) is 83.5 Å². The van der Waals surface area contributed by atoms with E-state index in [2.05, 4.69) is 116 Å². The third-order valence-electron chi connectivity index (χ3n) is 7.23. The van der Waals surface area contributed by atoms with Crippen molar-refractivity contribution in [1.82, 2.24) is 9.88 Å². The van der Waals surface area contributed by atoms with Crippen molar-refractivity contribution in [3.05, 3.63) is 53.5 Å². The van der Waals surface area contributed by atoms with E-state index in [-0.39, 0.29) is 12.1 Å². The summed E-state index contributed by atoms with van der Waals surface area (Å²) in [4.78, 5) is 17.3. The van der Waals surface area contributed by atoms with Crippen LogP contribution in [0.15, 0.2) is 42.3 Å². The average Bonchev–Trinajstić information content (AvgIpc) is 3.06. The molecule has 1 saturated heterocycles. The number of nitrogens with zero attached hydrogens (tertiary/aromatic N) is 2. The van der Waals surface area contributed by atoms with Crippen molar-refractivity contribution in [2.45, 2.75) is 175 Å². The number of hydrogen-bond acceptors (Lipinski definition) is 5. The second kappa shape index (κ2) is 34.7. The fourth-order valence-corrected chi connectivity index (χ4v) is 4.42. The molecule has 0 amide bonds. The first-order valence-corrected chi connectivity index (χ1v) is 19.4. The van der Waals surface area contributed by atoms with Gasteiger partial charge < -0.3 is 14.7 Å². The number of carbonyl (C=O) groups excluding carboxylic acids is 1. The highest BCUT2D eigenvalue weighted by molar-refractivity contribution is 5.88. The minimum Gasteiger partial charge on any atom is -0.465 e. The quantitative estimate of drug-likeness (QED) is 0.304. The SMILES string of the molecule is CC.CC(C)CC(C)(C)C.CC1CCN(C2=CCC(C(C)O)C=C2)CC1.CCC.CCCC.CCCC.COC(=O)c1ccc(C)nc1. The van der Waals surface area contributed by atoms with Crippen molar-refractivity contribution in [3.8, 4) is 0 Å². The van der Waals surface area contributed by atoms with Crippen molar-refractivity contribution in [2.24, 2.45) is 23.2 Å². The van der Waals surface area contributed by atoms with Crippen molar-refractivity contribution in [1.29, 1.82) is 0 Å². The number of aliphatic hydroxyl groups excluding tert-OH is 1. The standard InChI is InChI=1S/C14H23NO.C8H9NO2.C8H18.2C4H10.C3H8.C2H6/c1-11-7-9-15(10-8-11)14-5-3-13(4-6-14)12(2)16;1-6-3-4-7(5-9-6)8(10)11-2;1-7(2)6-8(3,4)5;2*1-3-4-2;1-3-2;1-2/h3,5-6,11-13,16H,4,7-10H2,1-2H3;3-5H,1-2H3;7H,6H2,1-5H3;2*3-4H2,1-2H3;3H2,1-2H3;1-2H3. The molecule has 1 fully saturated rings. The first kappa shape index (κ1) is 52.7. The molecule has 1 aromatic rings. The van der Waals surface area contributed by atoms with Gasteiger partial charge in [0.2, 0.25) is 0 Å². The van der Waals surface area contributed by atoms with E-state index in [4.69, 9.17) is 0 Å². The summed E-state index contributed by atoms with van der Waals surface area (Å²) >= 11 is 0. The van der Waals surface area contributed by atoms with Crippen LogP contribution in [0.2, 0.25) is 0 Å². The molecule has 0 radical (unpaired) electrons. The number of aromatic nitrogens is 1. The Bertz CT molecular complexity index is 866. The Balaban J connectivity index is -0.000000265. The lowest BCUT2D eigenvalue weighted by Crippen LogP contribution is -2.32. The minimum atomic E-state index is -0.350. The van der Waals surface area contributed by atoms with Crippen LogP contribution >= 0.6 is 0 Å². The molecule has 2 atom stereocenters. The third-order valence-corrected chi connectivity index (χ3v) is 7.23. The van der Waals surface area contributed by atoms with E-state index in [0.29, 0.717) is 16.9 Å². The Labute approximate surface area is 301 Å². The molecule has 2 heterocycles. The fourth-order valence-electron chi connectivity index (χ4n) is 4.42. The zero-order chi connectivity index (χ0) is 38.1. The molecule has 1 aliphatic carbocycles. The van der Waals surface area contributed by atoms with Gasteiger partial charge in [0.15, 0.2) is 0 Å². The summed E-state index contributed by atoms with van der Waals surface area (Å²) in [6.45, 7) is 36.8. The molecule has 2 aliphatic rings. The van der Waals surface area contributed by atoms with Gasteiger partial charge in [-0.1, -0.05) is 141 Å². The van der Waals surface area contributed by atoms with Gasteiger partial charge in [-0.05, 0) is 75.0 Å². The highest BCUT2D eigenvalue weighted by atomic mass is 16.5. The Morgan fingerprint density at radius 1 is 0.958 bits per heavy atom. The zero-order valence-electron chi connectivity index (χ0n) is 35.2. The van der Waals surface area contributed by atoms with Crippen molar-refractivity contribution in [2.75, 3.05) is 20.2 Å². The van der Waals surface area contributed by atoms with Crippen molar-refractivity contribution >= 4 is 5.97 Å². The number of ether oxygens (including phenoxy) is 1. The molecule has 2 unspecified atom stereocenters. The maximum Gasteiger partial charge on any atom is 0.339 e. The summed E-state index contributed by atoms with van der Waals surface area (Å²) < 4.78 is 4.50. The lowest BCUT2D eigenvalue weighted by molar-refractivity contribution is 0.0600. The summed E-state index contributed by atoms with van der Waals surface area (Å²) in [6, 6.07) is 3.46. The number of esters is 1. The number of piperidine rings is 1. The van der Waals surface area contributed by atoms with Crippen LogP contribution < -0.4 is 0 Å². The molecule has 1 aromatic heterocycles. The maximum absolute atomic E-state index is 10.9. The summed E-state index contributed by atoms with van der Waals surface area (Å²) in [5.74, 6) is 1.69. The molecule has 5 nitrogen and oxygen atoms in total. The molecule has 48 heavy (non-hydrogen) atoms. The summed E-state index contributed by atoms with van der Waals surface area (Å²) in [5, 5.41) is 9.51. The van der Waals surface area contributed by atoms with E-state index in [9.17, 15) is 9.90 Å². The fraction of sp³-hybridized carbons (Fsp3) is 0.767. The summed E-state index contributed by atoms with van der Waals surface area (Å²) in [5.41, 5.74) is 3.26. The van der Waals surface area contributed by atoms with Gasteiger partial charge in [-0.15, -0.1) is 0 Å². The molecule has 0 spiro atoms. The molecular weight excluding hydrogens is 592 g/mol. The number of likely N-dealkylation sites (tertiary alicyclic amines) is 1. The Morgan fingerprint density at radius 3 is 1.71 bits per heavy atom. The monoisotopic (exact) mass is 677 g/mol. The average molecular weight is 677 g/mol. The lowest BCUT2D eigenvalue weighted by Gasteiger charge is -2.34. The van der Waals surface area contributed by atoms with Gasteiger partial charge in [0, 0.05) is 36.6 Å². The second-order valence-electron chi connectivity index (χ2n) is 14.3. The lowest BCUT2D eigenvalue weighted by atomic mass is 9.86. The van der Waals surface area contributed by atoms with Gasteiger partial charge >= 0.3 is 5.97 Å². The van der Waals surface area contributed by atoms with E-state index < -0.39 is 0 Å². The van der Waals surface area contributed by atoms with Crippen LogP contribution in [-0.4, -0.2) is 47.3 Å². The predicted octanol–water partition coefficient (Wildman–Crippen LogP) is 12.9. The van der Waals surface area contributed by atoms with E-state index in [1.54, 1.807) is 12.1 Å². The smallest absolute Gasteiger partial charge is 0.339 e. The van der Waals surface area contributed by atoms with E-state index in [1.807, 2.05) is 27.7 Å². The first-order chi connectivity index (χ1) is 22.6. The Hall–Kier alpha value is -2.14. The molecule has 1 N–H and O–H groups in total. The molecule has 5 heteroatoms. The van der Waals surface area contributed by atoms with Gasteiger partial charge in [-0.2, -0.15) is 0 Å². The number of unbranched alkanes of at least 4 members (excludes halogenated alkanes) is 2. The number of carbonyl (C=O) groups is 1. The number of methoxy groups -OCH3 is 1. The van der Waals surface area contributed by atoms with Crippen molar-refractivity contribution < 1.29 is 14.6 Å². The third kappa shape index (κ3) is 33.7. The summed E-state index contributed by atoms with van der Waals surface area (Å²) in [6.07, 6.45) is 19.4. The van der Waals surface area contributed by atoms with Crippen LogP contribution in [0.4, 0.5) is 0 Å². The van der Waals surface area contributed by atoms with Crippen LogP contribution in [-0.2, 0) is 4.74 Å². The van der Waals surface area contributed by atoms with Crippen LogP contribution in [0.25, 0.3) is 0 Å². The van der Waals surface area contributed by atoms with Crippen molar-refractivity contribution in [3.63, 3.8) is 0 Å².